The number of aliphatic hydroxyl groups is 1. The number of unbranched alkanes of at least 4 members (excludes halogenated alkanes) is 1. The molecule has 0 amide bonds. The molecule has 2 N–H and O–H groups in total. The number of allylic oxidation sites excluding steroid dienone is 3. The number of carbonyl (C=O) groups is 1. The van der Waals surface area contributed by atoms with Gasteiger partial charge in [0.2, 0.25) is 0 Å². The van der Waals surface area contributed by atoms with Crippen LogP contribution >= 0.6 is 0 Å². The number of carboxylic acid groups (broad SMARTS) is 1. The molecule has 0 aliphatic carbocycles. The number of benzene rings is 1. The quantitative estimate of drug-likeness (QED) is 0.349. The molecule has 22 heavy (non-hydrogen) atoms. The predicted octanol–water partition coefficient (Wildman–Crippen LogP) is 3.57. The van der Waals surface area contributed by atoms with Crippen molar-refractivity contribution in [3.8, 4) is 6.07 Å². The van der Waals surface area contributed by atoms with Crippen LogP contribution in [0, 0.1) is 11.3 Å². The van der Waals surface area contributed by atoms with E-state index < -0.39 is 5.97 Å². The molecule has 0 unspecified atom stereocenters. The standard InChI is InChI=1S/C11H9N.C7H12O3/c12-10-6-2-5-9-11-7-3-1-4-8-11;1-6(7(9)10)4-2-3-5-8/h1-9H;8H,1-5H2,(H,9,10). The van der Waals surface area contributed by atoms with Crippen molar-refractivity contribution in [2.45, 2.75) is 19.3 Å². The monoisotopic (exact) mass is 299 g/mol. The number of aliphatic carboxylic acids is 1. The average molecular weight is 299 g/mol. The number of rotatable bonds is 7. The van der Waals surface area contributed by atoms with Crippen molar-refractivity contribution in [2.75, 3.05) is 6.61 Å². The lowest BCUT2D eigenvalue weighted by molar-refractivity contribution is -0.132. The van der Waals surface area contributed by atoms with Gasteiger partial charge in [0, 0.05) is 18.3 Å². The van der Waals surface area contributed by atoms with Crippen molar-refractivity contribution < 1.29 is 15.0 Å². The summed E-state index contributed by atoms with van der Waals surface area (Å²) in [6.07, 6.45) is 8.77. The summed E-state index contributed by atoms with van der Waals surface area (Å²) < 4.78 is 0. The first kappa shape index (κ1) is 19.4. The fourth-order valence-corrected chi connectivity index (χ4v) is 1.39. The molecular formula is C18H21NO3. The van der Waals surface area contributed by atoms with E-state index in [-0.39, 0.29) is 12.2 Å². The van der Waals surface area contributed by atoms with Gasteiger partial charge >= 0.3 is 5.97 Å². The first-order valence-corrected chi connectivity index (χ1v) is 6.91. The van der Waals surface area contributed by atoms with E-state index in [0.717, 1.165) is 5.56 Å². The van der Waals surface area contributed by atoms with E-state index >= 15 is 0 Å². The number of carboxylic acids is 1. The van der Waals surface area contributed by atoms with Gasteiger partial charge in [-0.05, 0) is 24.8 Å². The van der Waals surface area contributed by atoms with Crippen molar-refractivity contribution in [1.29, 1.82) is 5.26 Å². The summed E-state index contributed by atoms with van der Waals surface area (Å²) in [7, 11) is 0. The largest absolute Gasteiger partial charge is 0.478 e. The van der Waals surface area contributed by atoms with Crippen molar-refractivity contribution in [2.24, 2.45) is 0 Å². The topological polar surface area (TPSA) is 81.3 Å². The number of hydrogen-bond donors (Lipinski definition) is 2. The van der Waals surface area contributed by atoms with Crippen LogP contribution in [-0.2, 0) is 4.79 Å². The summed E-state index contributed by atoms with van der Waals surface area (Å²) in [5.41, 5.74) is 1.36. The number of aliphatic hydroxyl groups excluding tert-OH is 1. The van der Waals surface area contributed by atoms with E-state index in [0.29, 0.717) is 19.3 Å². The molecule has 0 heterocycles. The van der Waals surface area contributed by atoms with E-state index in [1.807, 2.05) is 48.6 Å². The van der Waals surface area contributed by atoms with Crippen LogP contribution in [-0.4, -0.2) is 22.8 Å². The number of hydrogen-bond acceptors (Lipinski definition) is 3. The highest BCUT2D eigenvalue weighted by atomic mass is 16.4. The maximum Gasteiger partial charge on any atom is 0.330 e. The Labute approximate surface area is 131 Å². The molecule has 0 saturated heterocycles. The molecule has 4 nitrogen and oxygen atoms in total. The van der Waals surface area contributed by atoms with Gasteiger partial charge in [0.25, 0.3) is 0 Å². The Bertz CT molecular complexity index is 539. The Morgan fingerprint density at radius 1 is 1.23 bits per heavy atom. The van der Waals surface area contributed by atoms with Crippen LogP contribution in [0.5, 0.6) is 0 Å². The molecule has 0 aromatic heterocycles. The second kappa shape index (κ2) is 13.3. The van der Waals surface area contributed by atoms with Crippen molar-refractivity contribution in [1.82, 2.24) is 0 Å². The summed E-state index contributed by atoms with van der Waals surface area (Å²) in [5, 5.41) is 24.9. The van der Waals surface area contributed by atoms with Gasteiger partial charge < -0.3 is 10.2 Å². The van der Waals surface area contributed by atoms with Crippen molar-refractivity contribution in [3.05, 3.63) is 66.3 Å². The van der Waals surface area contributed by atoms with Crippen LogP contribution in [0.15, 0.2) is 60.7 Å². The van der Waals surface area contributed by atoms with Gasteiger partial charge in [0.15, 0.2) is 0 Å². The zero-order valence-corrected chi connectivity index (χ0v) is 12.5. The van der Waals surface area contributed by atoms with Gasteiger partial charge in [-0.25, -0.2) is 4.79 Å². The van der Waals surface area contributed by atoms with E-state index in [9.17, 15) is 4.79 Å². The lowest BCUT2D eigenvalue weighted by atomic mass is 10.1. The van der Waals surface area contributed by atoms with E-state index in [1.54, 1.807) is 6.08 Å². The highest BCUT2D eigenvalue weighted by Gasteiger charge is 2.01. The van der Waals surface area contributed by atoms with Crippen LogP contribution in [0.25, 0.3) is 6.08 Å². The fraction of sp³-hybridized carbons (Fsp3) is 0.222. The Hall–Kier alpha value is -2.64. The first-order chi connectivity index (χ1) is 10.6. The lowest BCUT2D eigenvalue weighted by Gasteiger charge is -1.96. The Morgan fingerprint density at radius 2 is 1.91 bits per heavy atom. The minimum Gasteiger partial charge on any atom is -0.478 e. The van der Waals surface area contributed by atoms with Crippen LogP contribution in [0.4, 0.5) is 0 Å². The van der Waals surface area contributed by atoms with Gasteiger partial charge in [-0.15, -0.1) is 0 Å². The summed E-state index contributed by atoms with van der Waals surface area (Å²) in [6, 6.07) is 11.9. The highest BCUT2D eigenvalue weighted by molar-refractivity contribution is 5.85. The van der Waals surface area contributed by atoms with Gasteiger partial charge in [0.05, 0.1) is 6.07 Å². The SMILES string of the molecule is C=C(CCCCO)C(=O)O.N#CC=CC=Cc1ccccc1. The van der Waals surface area contributed by atoms with Gasteiger partial charge in [-0.2, -0.15) is 5.26 Å². The minimum atomic E-state index is -0.946. The molecule has 1 aromatic carbocycles. The summed E-state index contributed by atoms with van der Waals surface area (Å²) in [6.45, 7) is 3.46. The highest BCUT2D eigenvalue weighted by Crippen LogP contribution is 2.04. The molecule has 4 heteroatoms. The van der Waals surface area contributed by atoms with Gasteiger partial charge in [0.1, 0.15) is 0 Å². The molecule has 0 radical (unpaired) electrons. The molecule has 116 valence electrons. The Kier molecular flexibility index (Phi) is 11.7. The predicted molar refractivity (Wildman–Crippen MR) is 87.9 cm³/mol. The molecule has 0 saturated carbocycles. The van der Waals surface area contributed by atoms with Crippen molar-refractivity contribution in [3.63, 3.8) is 0 Å². The smallest absolute Gasteiger partial charge is 0.330 e. The summed E-state index contributed by atoms with van der Waals surface area (Å²) in [5.74, 6) is -0.946. The van der Waals surface area contributed by atoms with E-state index in [1.165, 1.54) is 6.08 Å². The molecule has 0 fully saturated rings. The molecule has 0 aliphatic rings. The van der Waals surface area contributed by atoms with Crippen LogP contribution < -0.4 is 0 Å². The molecule has 0 spiro atoms. The number of nitriles is 1. The Balaban J connectivity index is 0.000000409. The average Bonchev–Trinajstić information content (AvgIpc) is 2.53. The summed E-state index contributed by atoms with van der Waals surface area (Å²) >= 11 is 0. The van der Waals surface area contributed by atoms with Crippen LogP contribution in [0.2, 0.25) is 0 Å². The first-order valence-electron chi connectivity index (χ1n) is 6.91. The second-order valence-corrected chi connectivity index (χ2v) is 4.35. The molecular weight excluding hydrogens is 278 g/mol. The minimum absolute atomic E-state index is 0.118. The molecule has 1 aromatic rings. The fourth-order valence-electron chi connectivity index (χ4n) is 1.39. The zero-order valence-electron chi connectivity index (χ0n) is 12.5. The third-order valence-electron chi connectivity index (χ3n) is 2.56. The van der Waals surface area contributed by atoms with Crippen molar-refractivity contribution >= 4 is 12.0 Å². The Morgan fingerprint density at radius 3 is 2.45 bits per heavy atom. The van der Waals surface area contributed by atoms with Gasteiger partial charge in [-0.1, -0.05) is 55.1 Å². The third kappa shape index (κ3) is 11.2. The van der Waals surface area contributed by atoms with Gasteiger partial charge in [-0.3, -0.25) is 0 Å². The maximum absolute atomic E-state index is 10.1. The summed E-state index contributed by atoms with van der Waals surface area (Å²) in [4.78, 5) is 10.1. The van der Waals surface area contributed by atoms with Crippen LogP contribution in [0.3, 0.4) is 0 Å². The van der Waals surface area contributed by atoms with E-state index in [2.05, 4.69) is 6.58 Å². The third-order valence-corrected chi connectivity index (χ3v) is 2.56. The second-order valence-electron chi connectivity index (χ2n) is 4.35. The maximum atomic E-state index is 10.1. The lowest BCUT2D eigenvalue weighted by Crippen LogP contribution is -1.98. The molecule has 1 rings (SSSR count). The van der Waals surface area contributed by atoms with Crippen LogP contribution in [0.1, 0.15) is 24.8 Å². The molecule has 0 aliphatic heterocycles. The molecule has 0 atom stereocenters. The molecule has 0 bridgehead atoms. The van der Waals surface area contributed by atoms with E-state index in [4.69, 9.17) is 15.5 Å². The normalized spacial score (nSPS) is 10.0. The number of nitrogens with zero attached hydrogens (tertiary/aromatic N) is 1. The zero-order chi connectivity index (χ0) is 16.6.